The highest BCUT2D eigenvalue weighted by Crippen LogP contribution is 2.35. The van der Waals surface area contributed by atoms with E-state index in [0.717, 1.165) is 21.7 Å². The van der Waals surface area contributed by atoms with Crippen LogP contribution in [-0.4, -0.2) is 25.2 Å². The van der Waals surface area contributed by atoms with E-state index in [0.29, 0.717) is 12.5 Å². The van der Waals surface area contributed by atoms with Crippen molar-refractivity contribution in [2.75, 3.05) is 20.3 Å². The Labute approximate surface area is 136 Å². The number of hydrogen-bond acceptors (Lipinski definition) is 5. The molecule has 0 fully saturated rings. The predicted octanol–water partition coefficient (Wildman–Crippen LogP) is 4.42. The van der Waals surface area contributed by atoms with Gasteiger partial charge in [0.25, 0.3) is 0 Å². The SMILES string of the molecule is COCCNC(c1nc(C(C)C)cs1)c1sccc1Br. The highest BCUT2D eigenvalue weighted by Gasteiger charge is 2.21. The fourth-order valence-corrected chi connectivity index (χ4v) is 4.62. The van der Waals surface area contributed by atoms with Crippen LogP contribution in [0, 0.1) is 0 Å². The van der Waals surface area contributed by atoms with Crippen LogP contribution in [-0.2, 0) is 4.74 Å². The molecule has 1 N–H and O–H groups in total. The second-order valence-electron chi connectivity index (χ2n) is 4.78. The van der Waals surface area contributed by atoms with Crippen molar-refractivity contribution >= 4 is 38.6 Å². The Morgan fingerprint density at radius 3 is 2.75 bits per heavy atom. The minimum Gasteiger partial charge on any atom is -0.383 e. The summed E-state index contributed by atoms with van der Waals surface area (Å²) in [6.45, 7) is 5.85. The molecule has 0 aliphatic rings. The molecule has 0 aliphatic heterocycles. The molecule has 2 rings (SSSR count). The number of nitrogens with one attached hydrogen (secondary N) is 1. The Hall–Kier alpha value is -0.270. The maximum Gasteiger partial charge on any atom is 0.115 e. The Balaban J connectivity index is 2.23. The largest absolute Gasteiger partial charge is 0.383 e. The van der Waals surface area contributed by atoms with Gasteiger partial charge in [-0.1, -0.05) is 13.8 Å². The van der Waals surface area contributed by atoms with E-state index < -0.39 is 0 Å². The summed E-state index contributed by atoms with van der Waals surface area (Å²) in [6, 6.07) is 2.22. The quantitative estimate of drug-likeness (QED) is 0.728. The molecule has 0 saturated carbocycles. The van der Waals surface area contributed by atoms with Gasteiger partial charge in [0.1, 0.15) is 5.01 Å². The zero-order chi connectivity index (χ0) is 14.5. The van der Waals surface area contributed by atoms with Crippen LogP contribution in [0.2, 0.25) is 0 Å². The lowest BCUT2D eigenvalue weighted by atomic mass is 10.1. The Bertz CT molecular complexity index is 539. The first kappa shape index (κ1) is 16.1. The normalized spacial score (nSPS) is 13.1. The predicted molar refractivity (Wildman–Crippen MR) is 89.9 cm³/mol. The average molecular weight is 375 g/mol. The molecule has 0 amide bonds. The first-order chi connectivity index (χ1) is 9.63. The monoisotopic (exact) mass is 374 g/mol. The van der Waals surface area contributed by atoms with E-state index in [-0.39, 0.29) is 6.04 Å². The molecule has 2 aromatic rings. The molecule has 1 unspecified atom stereocenters. The number of hydrogen-bond donors (Lipinski definition) is 1. The van der Waals surface area contributed by atoms with Crippen LogP contribution in [0.4, 0.5) is 0 Å². The molecule has 3 nitrogen and oxygen atoms in total. The molecule has 0 bridgehead atoms. The van der Waals surface area contributed by atoms with Crippen LogP contribution in [0.1, 0.15) is 41.4 Å². The molecular formula is C14H19BrN2OS2. The second-order valence-corrected chi connectivity index (χ2v) is 7.47. The first-order valence-corrected chi connectivity index (χ1v) is 9.09. The number of nitrogens with zero attached hydrogens (tertiary/aromatic N) is 1. The van der Waals surface area contributed by atoms with E-state index >= 15 is 0 Å². The van der Waals surface area contributed by atoms with E-state index in [4.69, 9.17) is 9.72 Å². The summed E-state index contributed by atoms with van der Waals surface area (Å²) in [5.74, 6) is 0.464. The number of halogens is 1. The third kappa shape index (κ3) is 3.89. The zero-order valence-electron chi connectivity index (χ0n) is 11.9. The minimum atomic E-state index is 0.136. The van der Waals surface area contributed by atoms with Crippen LogP contribution < -0.4 is 5.32 Å². The highest BCUT2D eigenvalue weighted by molar-refractivity contribution is 9.10. The van der Waals surface area contributed by atoms with Crippen molar-refractivity contribution in [1.29, 1.82) is 0 Å². The van der Waals surface area contributed by atoms with Gasteiger partial charge in [0.15, 0.2) is 0 Å². The second kappa shape index (κ2) is 7.66. The molecule has 1 atom stereocenters. The minimum absolute atomic E-state index is 0.136. The third-order valence-electron chi connectivity index (χ3n) is 2.94. The number of ether oxygens (including phenoxy) is 1. The van der Waals surface area contributed by atoms with E-state index in [1.54, 1.807) is 29.8 Å². The first-order valence-electron chi connectivity index (χ1n) is 6.54. The molecule has 0 aliphatic carbocycles. The lowest BCUT2D eigenvalue weighted by Crippen LogP contribution is -2.25. The Morgan fingerprint density at radius 2 is 2.20 bits per heavy atom. The van der Waals surface area contributed by atoms with Crippen LogP contribution in [0.15, 0.2) is 21.3 Å². The van der Waals surface area contributed by atoms with Crippen molar-refractivity contribution < 1.29 is 4.74 Å². The lowest BCUT2D eigenvalue weighted by molar-refractivity contribution is 0.197. The molecular weight excluding hydrogens is 356 g/mol. The van der Waals surface area contributed by atoms with Crippen LogP contribution in [0.3, 0.4) is 0 Å². The van der Waals surface area contributed by atoms with E-state index in [9.17, 15) is 0 Å². The Kier molecular flexibility index (Phi) is 6.17. The maximum absolute atomic E-state index is 5.13. The van der Waals surface area contributed by atoms with Gasteiger partial charge in [0.05, 0.1) is 18.3 Å². The summed E-state index contributed by atoms with van der Waals surface area (Å²) in [5.41, 5.74) is 1.16. The van der Waals surface area contributed by atoms with Gasteiger partial charge in [-0.05, 0) is 33.3 Å². The number of thiazole rings is 1. The van der Waals surface area contributed by atoms with Crippen molar-refractivity contribution in [3.05, 3.63) is 36.9 Å². The molecule has 2 heterocycles. The molecule has 0 spiro atoms. The average Bonchev–Trinajstić information content (AvgIpc) is 3.04. The summed E-state index contributed by atoms with van der Waals surface area (Å²) in [4.78, 5) is 6.06. The summed E-state index contributed by atoms with van der Waals surface area (Å²) in [5, 5.41) is 8.91. The maximum atomic E-state index is 5.13. The molecule has 6 heteroatoms. The van der Waals surface area contributed by atoms with Gasteiger partial charge in [-0.25, -0.2) is 4.98 Å². The third-order valence-corrected chi connectivity index (χ3v) is 5.80. The van der Waals surface area contributed by atoms with Gasteiger partial charge in [-0.2, -0.15) is 0 Å². The van der Waals surface area contributed by atoms with E-state index in [1.807, 2.05) is 0 Å². The summed E-state index contributed by atoms with van der Waals surface area (Å²) in [7, 11) is 1.72. The fourth-order valence-electron chi connectivity index (χ4n) is 1.81. The number of aromatic nitrogens is 1. The summed E-state index contributed by atoms with van der Waals surface area (Å²) in [6.07, 6.45) is 0. The smallest absolute Gasteiger partial charge is 0.115 e. The van der Waals surface area contributed by atoms with Crippen molar-refractivity contribution in [2.45, 2.75) is 25.8 Å². The van der Waals surface area contributed by atoms with E-state index in [1.165, 1.54) is 4.88 Å². The van der Waals surface area contributed by atoms with Crippen LogP contribution in [0.5, 0.6) is 0 Å². The number of thiophene rings is 1. The van der Waals surface area contributed by atoms with Crippen molar-refractivity contribution in [3.8, 4) is 0 Å². The van der Waals surface area contributed by atoms with Gasteiger partial charge >= 0.3 is 0 Å². The standard InChI is InChI=1S/C14H19BrN2OS2/c1-9(2)11-8-20-14(17-11)12(16-5-6-18-3)13-10(15)4-7-19-13/h4,7-9,12,16H,5-6H2,1-3H3. The van der Waals surface area contributed by atoms with Crippen LogP contribution >= 0.6 is 38.6 Å². The molecule has 20 heavy (non-hydrogen) atoms. The summed E-state index contributed by atoms with van der Waals surface area (Å²) >= 11 is 7.09. The van der Waals surface area contributed by atoms with Crippen LogP contribution in [0.25, 0.3) is 0 Å². The van der Waals surface area contributed by atoms with Gasteiger partial charge in [-0.3, -0.25) is 0 Å². The fraction of sp³-hybridized carbons (Fsp3) is 0.500. The summed E-state index contributed by atoms with van der Waals surface area (Å²) < 4.78 is 6.27. The van der Waals surface area contributed by atoms with Crippen molar-refractivity contribution in [2.24, 2.45) is 0 Å². The number of methoxy groups -OCH3 is 1. The van der Waals surface area contributed by atoms with E-state index in [2.05, 4.69) is 51.9 Å². The molecule has 0 radical (unpaired) electrons. The van der Waals surface area contributed by atoms with Gasteiger partial charge in [-0.15, -0.1) is 22.7 Å². The lowest BCUT2D eigenvalue weighted by Gasteiger charge is -2.15. The van der Waals surface area contributed by atoms with Gasteiger partial charge in [0, 0.05) is 28.4 Å². The van der Waals surface area contributed by atoms with Crippen molar-refractivity contribution in [3.63, 3.8) is 0 Å². The molecule has 0 aromatic carbocycles. The highest BCUT2D eigenvalue weighted by atomic mass is 79.9. The molecule has 0 saturated heterocycles. The molecule has 2 aromatic heterocycles. The topological polar surface area (TPSA) is 34.1 Å². The zero-order valence-corrected chi connectivity index (χ0v) is 15.1. The van der Waals surface area contributed by atoms with Crippen molar-refractivity contribution in [1.82, 2.24) is 10.3 Å². The van der Waals surface area contributed by atoms with Gasteiger partial charge in [0.2, 0.25) is 0 Å². The molecule has 110 valence electrons. The number of rotatable bonds is 7. The van der Waals surface area contributed by atoms with Gasteiger partial charge < -0.3 is 10.1 Å². The Morgan fingerprint density at radius 1 is 1.40 bits per heavy atom.